The van der Waals surface area contributed by atoms with Crippen molar-refractivity contribution in [3.05, 3.63) is 28.5 Å². The summed E-state index contributed by atoms with van der Waals surface area (Å²) >= 11 is 6.00. The molecule has 0 aromatic carbocycles. The number of hydrogen-bond acceptors (Lipinski definition) is 2. The monoisotopic (exact) mass is 294 g/mol. The second kappa shape index (κ2) is 7.07. The summed E-state index contributed by atoms with van der Waals surface area (Å²) in [6.07, 6.45) is 6.54. The number of nitrogens with one attached hydrogen (secondary N) is 1. The summed E-state index contributed by atoms with van der Waals surface area (Å²) in [5.74, 6) is 0.788. The first-order chi connectivity index (χ1) is 9.62. The zero-order valence-electron chi connectivity index (χ0n) is 12.3. The molecule has 1 aliphatic carbocycles. The van der Waals surface area contributed by atoms with Crippen LogP contribution >= 0.6 is 11.6 Å². The first-order valence-corrected chi connectivity index (χ1v) is 7.97. The molecule has 1 N–H and O–H groups in total. The van der Waals surface area contributed by atoms with E-state index in [-0.39, 0.29) is 11.9 Å². The van der Waals surface area contributed by atoms with E-state index in [4.69, 9.17) is 11.6 Å². The van der Waals surface area contributed by atoms with E-state index in [0.29, 0.717) is 10.7 Å². The van der Waals surface area contributed by atoms with Gasteiger partial charge in [-0.1, -0.05) is 44.7 Å². The van der Waals surface area contributed by atoms with Crippen LogP contribution in [0, 0.1) is 5.92 Å². The van der Waals surface area contributed by atoms with Gasteiger partial charge >= 0.3 is 0 Å². The first-order valence-electron chi connectivity index (χ1n) is 7.59. The fourth-order valence-corrected chi connectivity index (χ4v) is 2.64. The van der Waals surface area contributed by atoms with Crippen LogP contribution in [-0.4, -0.2) is 16.9 Å². The highest BCUT2D eigenvalue weighted by Gasteiger charge is 2.25. The van der Waals surface area contributed by atoms with E-state index in [9.17, 15) is 4.79 Å². The van der Waals surface area contributed by atoms with Crippen molar-refractivity contribution in [3.8, 4) is 0 Å². The molecule has 1 aliphatic rings. The van der Waals surface area contributed by atoms with Crippen molar-refractivity contribution in [2.75, 3.05) is 0 Å². The summed E-state index contributed by atoms with van der Waals surface area (Å²) in [5.41, 5.74) is 1.52. The number of rotatable bonds is 7. The Hall–Kier alpha value is -1.09. The Bertz CT molecular complexity index is 472. The summed E-state index contributed by atoms with van der Waals surface area (Å²) in [4.78, 5) is 16.6. The standard InChI is InChI=1S/C16H23ClN2O/c1-3-5-14-9-12(10-15(17)18-14)16(20)19-13(4-2)8-11-6-7-11/h9-11,13H,3-8H2,1-2H3,(H,19,20). The fraction of sp³-hybridized carbons (Fsp3) is 0.625. The van der Waals surface area contributed by atoms with Crippen LogP contribution in [-0.2, 0) is 6.42 Å². The molecule has 1 aromatic rings. The van der Waals surface area contributed by atoms with Gasteiger partial charge in [-0.3, -0.25) is 4.79 Å². The van der Waals surface area contributed by atoms with Gasteiger partial charge < -0.3 is 5.32 Å². The minimum Gasteiger partial charge on any atom is -0.349 e. The van der Waals surface area contributed by atoms with Crippen LogP contribution in [0.4, 0.5) is 0 Å². The van der Waals surface area contributed by atoms with Crippen molar-refractivity contribution >= 4 is 17.5 Å². The lowest BCUT2D eigenvalue weighted by Crippen LogP contribution is -2.34. The Labute approximate surface area is 126 Å². The Morgan fingerprint density at radius 2 is 2.20 bits per heavy atom. The summed E-state index contributed by atoms with van der Waals surface area (Å²) in [6.45, 7) is 4.21. The maximum atomic E-state index is 12.3. The highest BCUT2D eigenvalue weighted by atomic mass is 35.5. The van der Waals surface area contributed by atoms with E-state index in [1.54, 1.807) is 6.07 Å². The normalized spacial score (nSPS) is 15.9. The molecule has 4 heteroatoms. The van der Waals surface area contributed by atoms with Gasteiger partial charge in [-0.25, -0.2) is 4.98 Å². The van der Waals surface area contributed by atoms with Crippen molar-refractivity contribution in [2.24, 2.45) is 5.92 Å². The molecule has 1 amide bonds. The highest BCUT2D eigenvalue weighted by Crippen LogP contribution is 2.34. The minimum atomic E-state index is -0.0286. The van der Waals surface area contributed by atoms with Gasteiger partial charge in [0.15, 0.2) is 0 Å². The summed E-state index contributed by atoms with van der Waals surface area (Å²) < 4.78 is 0. The molecule has 1 saturated carbocycles. The largest absolute Gasteiger partial charge is 0.349 e. The Kier molecular flexibility index (Phi) is 5.41. The van der Waals surface area contributed by atoms with Gasteiger partial charge in [-0.15, -0.1) is 0 Å². The average Bonchev–Trinajstić information content (AvgIpc) is 3.21. The van der Waals surface area contributed by atoms with Crippen LogP contribution in [0.3, 0.4) is 0 Å². The molecule has 3 nitrogen and oxygen atoms in total. The summed E-state index contributed by atoms with van der Waals surface area (Å²) in [6, 6.07) is 3.78. The molecule has 0 radical (unpaired) electrons. The maximum absolute atomic E-state index is 12.3. The number of aromatic nitrogens is 1. The molecule has 20 heavy (non-hydrogen) atoms. The van der Waals surface area contributed by atoms with Gasteiger partial charge in [0, 0.05) is 17.3 Å². The van der Waals surface area contributed by atoms with E-state index < -0.39 is 0 Å². The zero-order valence-corrected chi connectivity index (χ0v) is 13.0. The van der Waals surface area contributed by atoms with Gasteiger partial charge in [-0.2, -0.15) is 0 Å². The summed E-state index contributed by atoms with van der Waals surface area (Å²) in [5, 5.41) is 3.52. The lowest BCUT2D eigenvalue weighted by molar-refractivity contribution is 0.0932. The van der Waals surface area contributed by atoms with Crippen molar-refractivity contribution in [3.63, 3.8) is 0 Å². The van der Waals surface area contributed by atoms with Crippen LogP contribution in [0.2, 0.25) is 5.15 Å². The molecule has 1 atom stereocenters. The first kappa shape index (κ1) is 15.3. The third-order valence-corrected chi connectivity index (χ3v) is 3.95. The lowest BCUT2D eigenvalue weighted by Gasteiger charge is -2.17. The number of hydrogen-bond donors (Lipinski definition) is 1. The van der Waals surface area contributed by atoms with Gasteiger partial charge in [0.1, 0.15) is 5.15 Å². The minimum absolute atomic E-state index is 0.0286. The number of carbonyl (C=O) groups excluding carboxylic acids is 1. The third kappa shape index (κ3) is 4.48. The SMILES string of the molecule is CCCc1cc(C(=O)NC(CC)CC2CC2)cc(Cl)n1. The Balaban J connectivity index is 2.02. The smallest absolute Gasteiger partial charge is 0.251 e. The van der Waals surface area contributed by atoms with Crippen LogP contribution in [0.25, 0.3) is 0 Å². The van der Waals surface area contributed by atoms with Crippen LogP contribution in [0.5, 0.6) is 0 Å². The molecule has 110 valence electrons. The van der Waals surface area contributed by atoms with Crippen LogP contribution in [0.1, 0.15) is 62.0 Å². The quantitative estimate of drug-likeness (QED) is 0.772. The fourth-order valence-electron chi connectivity index (χ4n) is 2.42. The second-order valence-corrected chi connectivity index (χ2v) is 6.06. The van der Waals surface area contributed by atoms with E-state index in [2.05, 4.69) is 24.1 Å². The number of nitrogens with zero attached hydrogens (tertiary/aromatic N) is 1. The molecule has 1 unspecified atom stereocenters. The number of pyridine rings is 1. The second-order valence-electron chi connectivity index (χ2n) is 5.68. The average molecular weight is 295 g/mol. The zero-order chi connectivity index (χ0) is 14.5. The molecule has 1 fully saturated rings. The molecule has 0 saturated heterocycles. The molecule has 0 bridgehead atoms. The third-order valence-electron chi connectivity index (χ3n) is 3.76. The van der Waals surface area contributed by atoms with Crippen molar-refractivity contribution in [2.45, 2.75) is 58.4 Å². The van der Waals surface area contributed by atoms with Gasteiger partial charge in [0.2, 0.25) is 0 Å². The lowest BCUT2D eigenvalue weighted by atomic mass is 10.1. The predicted octanol–water partition coefficient (Wildman–Crippen LogP) is 4.00. The van der Waals surface area contributed by atoms with Crippen LogP contribution < -0.4 is 5.32 Å². The van der Waals surface area contributed by atoms with Crippen molar-refractivity contribution in [1.82, 2.24) is 10.3 Å². The molecule has 2 rings (SSSR count). The molecular formula is C16H23ClN2O. The topological polar surface area (TPSA) is 42.0 Å². The number of amides is 1. The highest BCUT2D eigenvalue weighted by molar-refractivity contribution is 6.29. The molecular weight excluding hydrogens is 272 g/mol. The summed E-state index contributed by atoms with van der Waals surface area (Å²) in [7, 11) is 0. The number of halogens is 1. The number of aryl methyl sites for hydroxylation is 1. The van der Waals surface area contributed by atoms with Gasteiger partial charge in [0.05, 0.1) is 0 Å². The predicted molar refractivity (Wildman–Crippen MR) is 82.1 cm³/mol. The van der Waals surface area contributed by atoms with Crippen LogP contribution in [0.15, 0.2) is 12.1 Å². The Morgan fingerprint density at radius 3 is 2.80 bits per heavy atom. The van der Waals surface area contributed by atoms with Crippen molar-refractivity contribution in [1.29, 1.82) is 0 Å². The maximum Gasteiger partial charge on any atom is 0.251 e. The molecule has 0 spiro atoms. The number of carbonyl (C=O) groups is 1. The van der Waals surface area contributed by atoms with Gasteiger partial charge in [0.25, 0.3) is 5.91 Å². The van der Waals surface area contributed by atoms with E-state index in [1.807, 2.05) is 6.07 Å². The molecule has 0 aliphatic heterocycles. The van der Waals surface area contributed by atoms with E-state index in [0.717, 1.165) is 37.3 Å². The molecule has 1 heterocycles. The molecule has 1 aromatic heterocycles. The van der Waals surface area contributed by atoms with Crippen molar-refractivity contribution < 1.29 is 4.79 Å². The van der Waals surface area contributed by atoms with E-state index >= 15 is 0 Å². The Morgan fingerprint density at radius 1 is 1.45 bits per heavy atom. The van der Waals surface area contributed by atoms with Gasteiger partial charge in [-0.05, 0) is 37.3 Å². The van der Waals surface area contributed by atoms with E-state index in [1.165, 1.54) is 12.8 Å².